The molecule has 0 aliphatic rings. The number of hydrogen-bond donors (Lipinski definition) is 3. The molecule has 4 rings (SSSR count). The van der Waals surface area contributed by atoms with Gasteiger partial charge in [0.05, 0.1) is 23.9 Å². The number of rotatable bonds is 6. The molecule has 0 aliphatic carbocycles. The second-order valence-corrected chi connectivity index (χ2v) is 7.93. The van der Waals surface area contributed by atoms with E-state index < -0.39 is 17.8 Å². The number of aromatic nitrogens is 3. The first-order chi connectivity index (χ1) is 15.9. The van der Waals surface area contributed by atoms with Crippen LogP contribution in [-0.4, -0.2) is 32.4 Å². The van der Waals surface area contributed by atoms with Gasteiger partial charge in [0.1, 0.15) is 11.6 Å². The van der Waals surface area contributed by atoms with Crippen molar-refractivity contribution >= 4 is 23.3 Å². The van der Waals surface area contributed by atoms with Crippen LogP contribution in [0.3, 0.4) is 0 Å². The molecule has 1 atom stereocenters. The number of amides is 1. The van der Waals surface area contributed by atoms with Gasteiger partial charge < -0.3 is 16.2 Å². The summed E-state index contributed by atoms with van der Waals surface area (Å²) in [6.45, 7) is -0.367. The van der Waals surface area contributed by atoms with Crippen molar-refractivity contribution in [3.63, 3.8) is 0 Å². The predicted octanol–water partition coefficient (Wildman–Crippen LogP) is 3.99. The van der Waals surface area contributed by atoms with Crippen molar-refractivity contribution in [1.82, 2.24) is 20.1 Å². The SMILES string of the molecule is Cn1ccc(-c2cnc(N)c(-c3ccc(C(=O)N[C@H](CO)c4cccc(Cl)c4)c(F)c3)c2)n1. The molecule has 2 aromatic heterocycles. The standard InChI is InChI=1S/C24H21ClFN5O2/c1-31-8-7-21(30-31)16-10-19(23(27)28-12-16)14-5-6-18(20(26)11-14)24(33)29-22(13-32)15-3-2-4-17(25)9-15/h2-12,22,32H,13H2,1H3,(H2,27,28)(H,29,33)/t22-/m1/s1. The predicted molar refractivity (Wildman–Crippen MR) is 125 cm³/mol. The molecule has 33 heavy (non-hydrogen) atoms. The van der Waals surface area contributed by atoms with E-state index in [1.165, 1.54) is 12.1 Å². The van der Waals surface area contributed by atoms with Crippen LogP contribution in [0.5, 0.6) is 0 Å². The summed E-state index contributed by atoms with van der Waals surface area (Å²) in [4.78, 5) is 16.9. The number of hydrogen-bond acceptors (Lipinski definition) is 5. The number of benzene rings is 2. The van der Waals surface area contributed by atoms with Crippen molar-refractivity contribution in [2.45, 2.75) is 6.04 Å². The number of anilines is 1. The van der Waals surface area contributed by atoms with E-state index in [4.69, 9.17) is 17.3 Å². The van der Waals surface area contributed by atoms with Crippen LogP contribution in [0.4, 0.5) is 10.2 Å². The Morgan fingerprint density at radius 1 is 1.21 bits per heavy atom. The normalized spacial score (nSPS) is 11.9. The van der Waals surface area contributed by atoms with E-state index in [-0.39, 0.29) is 18.0 Å². The number of pyridine rings is 1. The molecular formula is C24H21ClFN5O2. The number of aliphatic hydroxyl groups is 1. The van der Waals surface area contributed by atoms with E-state index in [1.54, 1.807) is 47.3 Å². The largest absolute Gasteiger partial charge is 0.394 e. The molecule has 4 N–H and O–H groups in total. The molecule has 0 saturated carbocycles. The first-order valence-corrected chi connectivity index (χ1v) is 10.5. The number of carbonyl (C=O) groups excluding carboxylic acids is 1. The summed E-state index contributed by atoms with van der Waals surface area (Å²) in [6, 6.07) is 13.8. The van der Waals surface area contributed by atoms with Crippen LogP contribution < -0.4 is 11.1 Å². The van der Waals surface area contributed by atoms with Gasteiger partial charge in [-0.05, 0) is 47.5 Å². The van der Waals surface area contributed by atoms with Crippen molar-refractivity contribution in [2.75, 3.05) is 12.3 Å². The van der Waals surface area contributed by atoms with Gasteiger partial charge in [0.15, 0.2) is 0 Å². The Bertz CT molecular complexity index is 1320. The minimum Gasteiger partial charge on any atom is -0.394 e. The van der Waals surface area contributed by atoms with Crippen molar-refractivity contribution < 1.29 is 14.3 Å². The van der Waals surface area contributed by atoms with Crippen molar-refractivity contribution in [2.24, 2.45) is 7.05 Å². The summed E-state index contributed by atoms with van der Waals surface area (Å²) in [5.74, 6) is -1.16. The van der Waals surface area contributed by atoms with E-state index in [0.29, 0.717) is 27.4 Å². The van der Waals surface area contributed by atoms with E-state index in [0.717, 1.165) is 5.56 Å². The average Bonchev–Trinajstić information content (AvgIpc) is 3.23. The van der Waals surface area contributed by atoms with Crippen LogP contribution in [-0.2, 0) is 7.05 Å². The van der Waals surface area contributed by atoms with Crippen LogP contribution in [0, 0.1) is 5.82 Å². The molecule has 0 aliphatic heterocycles. The molecule has 168 valence electrons. The molecule has 9 heteroatoms. The topological polar surface area (TPSA) is 106 Å². The number of halogens is 2. The fourth-order valence-corrected chi connectivity index (χ4v) is 3.67. The van der Waals surface area contributed by atoms with Gasteiger partial charge in [0, 0.05) is 35.6 Å². The first-order valence-electron chi connectivity index (χ1n) is 10.1. The summed E-state index contributed by atoms with van der Waals surface area (Å²) in [5.41, 5.74) is 8.92. The van der Waals surface area contributed by atoms with Gasteiger partial charge in [0.25, 0.3) is 5.91 Å². The Hall–Kier alpha value is -3.75. The average molecular weight is 466 g/mol. The second kappa shape index (κ2) is 9.40. The molecule has 0 fully saturated rings. The summed E-state index contributed by atoms with van der Waals surface area (Å²) in [7, 11) is 1.81. The van der Waals surface area contributed by atoms with Gasteiger partial charge in [-0.2, -0.15) is 5.10 Å². The number of aryl methyl sites for hydroxylation is 1. The van der Waals surface area contributed by atoms with Gasteiger partial charge in [-0.1, -0.05) is 29.8 Å². The lowest BCUT2D eigenvalue weighted by molar-refractivity contribution is 0.0912. The maximum atomic E-state index is 14.9. The summed E-state index contributed by atoms with van der Waals surface area (Å²) < 4.78 is 16.6. The zero-order valence-electron chi connectivity index (χ0n) is 17.7. The minimum atomic E-state index is -0.731. The van der Waals surface area contributed by atoms with Crippen LogP contribution in [0.15, 0.2) is 67.0 Å². The number of carbonyl (C=O) groups is 1. The Morgan fingerprint density at radius 2 is 2.03 bits per heavy atom. The summed E-state index contributed by atoms with van der Waals surface area (Å²) in [6.07, 6.45) is 3.41. The second-order valence-electron chi connectivity index (χ2n) is 7.49. The van der Waals surface area contributed by atoms with Crippen molar-refractivity contribution in [1.29, 1.82) is 0 Å². The van der Waals surface area contributed by atoms with Crippen LogP contribution in [0.25, 0.3) is 22.4 Å². The van der Waals surface area contributed by atoms with Gasteiger partial charge >= 0.3 is 0 Å². The molecule has 2 aromatic carbocycles. The highest BCUT2D eigenvalue weighted by atomic mass is 35.5. The third-order valence-corrected chi connectivity index (χ3v) is 5.43. The maximum Gasteiger partial charge on any atom is 0.254 e. The quantitative estimate of drug-likeness (QED) is 0.399. The molecule has 1 amide bonds. The third kappa shape index (κ3) is 4.87. The lowest BCUT2D eigenvalue weighted by atomic mass is 10.0. The van der Waals surface area contributed by atoms with Crippen molar-refractivity contribution in [3.8, 4) is 22.4 Å². The molecule has 0 unspecified atom stereocenters. The number of nitrogen functional groups attached to an aromatic ring is 1. The molecule has 0 spiro atoms. The molecular weight excluding hydrogens is 445 g/mol. The molecule has 2 heterocycles. The molecule has 0 saturated heterocycles. The monoisotopic (exact) mass is 465 g/mol. The van der Waals surface area contributed by atoms with Gasteiger partial charge in [-0.25, -0.2) is 9.37 Å². The van der Waals surface area contributed by atoms with E-state index in [9.17, 15) is 14.3 Å². The molecule has 0 bridgehead atoms. The lowest BCUT2D eigenvalue weighted by Gasteiger charge is -2.17. The lowest BCUT2D eigenvalue weighted by Crippen LogP contribution is -2.31. The zero-order chi connectivity index (χ0) is 23.5. The Balaban J connectivity index is 1.60. The van der Waals surface area contributed by atoms with Crippen LogP contribution in [0.2, 0.25) is 5.02 Å². The smallest absolute Gasteiger partial charge is 0.254 e. The van der Waals surface area contributed by atoms with Gasteiger partial charge in [-0.15, -0.1) is 0 Å². The molecule has 0 radical (unpaired) electrons. The summed E-state index contributed by atoms with van der Waals surface area (Å²) in [5, 5.41) is 17.2. The first kappa shape index (κ1) is 22.4. The number of nitrogens with one attached hydrogen (secondary N) is 1. The summed E-state index contributed by atoms with van der Waals surface area (Å²) >= 11 is 5.99. The van der Waals surface area contributed by atoms with E-state index in [2.05, 4.69) is 15.4 Å². The highest BCUT2D eigenvalue weighted by Gasteiger charge is 2.19. The highest BCUT2D eigenvalue weighted by molar-refractivity contribution is 6.30. The van der Waals surface area contributed by atoms with Gasteiger partial charge in [0.2, 0.25) is 0 Å². The molecule has 4 aromatic rings. The fraction of sp³-hybridized carbons (Fsp3) is 0.125. The minimum absolute atomic E-state index is 0.161. The van der Waals surface area contributed by atoms with E-state index in [1.807, 2.05) is 19.3 Å². The van der Waals surface area contributed by atoms with Gasteiger partial charge in [-0.3, -0.25) is 9.48 Å². The fourth-order valence-electron chi connectivity index (χ4n) is 3.48. The van der Waals surface area contributed by atoms with E-state index >= 15 is 0 Å². The number of nitrogens with zero attached hydrogens (tertiary/aromatic N) is 3. The maximum absolute atomic E-state index is 14.9. The van der Waals surface area contributed by atoms with Crippen LogP contribution >= 0.6 is 11.6 Å². The molecule has 7 nitrogen and oxygen atoms in total. The number of aliphatic hydroxyl groups excluding tert-OH is 1. The third-order valence-electron chi connectivity index (χ3n) is 5.19. The Morgan fingerprint density at radius 3 is 2.70 bits per heavy atom. The Kier molecular flexibility index (Phi) is 6.39. The highest BCUT2D eigenvalue weighted by Crippen LogP contribution is 2.30. The van der Waals surface area contributed by atoms with Crippen LogP contribution in [0.1, 0.15) is 22.0 Å². The van der Waals surface area contributed by atoms with Crippen molar-refractivity contribution in [3.05, 3.63) is 89.0 Å². The number of nitrogens with two attached hydrogens (primary N) is 1. The zero-order valence-corrected chi connectivity index (χ0v) is 18.4. The Labute approximate surface area is 194 Å².